The predicted molar refractivity (Wildman–Crippen MR) is 110 cm³/mol. The van der Waals surface area contributed by atoms with E-state index in [1.165, 1.54) is 12.1 Å². The molecule has 6 heteroatoms. The van der Waals surface area contributed by atoms with Crippen LogP contribution in [0, 0.1) is 26.6 Å². The molecule has 2 aliphatic rings. The van der Waals surface area contributed by atoms with Crippen molar-refractivity contribution in [2.24, 2.45) is 0 Å². The molecule has 1 aliphatic heterocycles. The van der Waals surface area contributed by atoms with E-state index in [0.717, 1.165) is 63.8 Å². The highest BCUT2D eigenvalue weighted by molar-refractivity contribution is 6.01. The number of Topliss-reactive ketones (excluding diaryl/α,β-unsaturated/α-hetero) is 1. The van der Waals surface area contributed by atoms with Gasteiger partial charge in [-0.25, -0.2) is 4.39 Å². The molecule has 2 N–H and O–H groups in total. The zero-order valence-electron chi connectivity index (χ0n) is 16.8. The van der Waals surface area contributed by atoms with Crippen molar-refractivity contribution >= 4 is 11.6 Å². The minimum atomic E-state index is -0.254. The van der Waals surface area contributed by atoms with Crippen molar-refractivity contribution in [3.63, 3.8) is 0 Å². The maximum Gasteiger partial charge on any atom is 0.161 e. The van der Waals surface area contributed by atoms with Crippen molar-refractivity contribution in [2.45, 2.75) is 46.0 Å². The molecule has 1 atom stereocenters. The van der Waals surface area contributed by atoms with Gasteiger partial charge in [0.2, 0.25) is 0 Å². The predicted octanol–water partition coefficient (Wildman–Crippen LogP) is 4.83. The molecule has 5 rings (SSSR count). The molecule has 1 aliphatic carbocycles. The average Bonchev–Trinajstić information content (AvgIpc) is 3.21. The molecule has 2 aromatic heterocycles. The van der Waals surface area contributed by atoms with Crippen LogP contribution in [-0.2, 0) is 4.79 Å². The van der Waals surface area contributed by atoms with Crippen LogP contribution in [0.3, 0.4) is 0 Å². The summed E-state index contributed by atoms with van der Waals surface area (Å²) in [4.78, 5) is 13.0. The molecule has 1 aromatic carbocycles. The number of ketones is 1. The first-order chi connectivity index (χ1) is 14.0. The first-order valence-corrected chi connectivity index (χ1v) is 9.98. The third kappa shape index (κ3) is 2.66. The Morgan fingerprint density at radius 2 is 1.90 bits per heavy atom. The summed E-state index contributed by atoms with van der Waals surface area (Å²) < 4.78 is 15.6. The number of nitrogens with zero attached hydrogens (tertiary/aromatic N) is 2. The number of H-pyrrole nitrogens is 1. The molecule has 0 unspecified atom stereocenters. The van der Waals surface area contributed by atoms with Gasteiger partial charge in [-0.1, -0.05) is 0 Å². The number of aromatic amines is 1. The summed E-state index contributed by atoms with van der Waals surface area (Å²) in [5.74, 6) is 0.623. The summed E-state index contributed by atoms with van der Waals surface area (Å²) in [6.07, 6.45) is 2.31. The summed E-state index contributed by atoms with van der Waals surface area (Å²) >= 11 is 0. The van der Waals surface area contributed by atoms with Gasteiger partial charge in [0, 0.05) is 51.9 Å². The normalized spacial score (nSPS) is 18.5. The maximum atomic E-state index is 13.4. The van der Waals surface area contributed by atoms with Crippen molar-refractivity contribution in [3.8, 4) is 5.69 Å². The van der Waals surface area contributed by atoms with Gasteiger partial charge < -0.3 is 9.88 Å². The molecule has 29 heavy (non-hydrogen) atoms. The highest BCUT2D eigenvalue weighted by Crippen LogP contribution is 2.47. The lowest BCUT2D eigenvalue weighted by Crippen LogP contribution is -2.27. The van der Waals surface area contributed by atoms with Crippen molar-refractivity contribution in [2.75, 3.05) is 5.32 Å². The second kappa shape index (κ2) is 6.44. The Kier molecular flexibility index (Phi) is 3.98. The molecular formula is C23H23FN4O. The molecule has 0 fully saturated rings. The third-order valence-corrected chi connectivity index (χ3v) is 6.16. The largest absolute Gasteiger partial charge is 0.342 e. The fraction of sp³-hybridized carbons (Fsp3) is 0.304. The summed E-state index contributed by atoms with van der Waals surface area (Å²) in [5.41, 5.74) is 7.99. The number of fused-ring (bicyclic) bond motifs is 1. The number of aryl methyl sites for hydroxylation is 2. The van der Waals surface area contributed by atoms with E-state index in [9.17, 15) is 9.18 Å². The molecule has 0 amide bonds. The van der Waals surface area contributed by atoms with Gasteiger partial charge in [0.15, 0.2) is 11.6 Å². The second-order valence-electron chi connectivity index (χ2n) is 7.98. The van der Waals surface area contributed by atoms with Crippen LogP contribution in [0.2, 0.25) is 0 Å². The van der Waals surface area contributed by atoms with Gasteiger partial charge in [-0.2, -0.15) is 5.10 Å². The van der Waals surface area contributed by atoms with Crippen LogP contribution in [0.25, 0.3) is 5.69 Å². The van der Waals surface area contributed by atoms with Crippen LogP contribution in [0.1, 0.15) is 53.4 Å². The van der Waals surface area contributed by atoms with E-state index in [1.54, 1.807) is 12.1 Å². The Hall–Kier alpha value is -3.15. The van der Waals surface area contributed by atoms with E-state index < -0.39 is 0 Å². The zero-order chi connectivity index (χ0) is 20.3. The van der Waals surface area contributed by atoms with Crippen molar-refractivity contribution in [1.82, 2.24) is 14.8 Å². The molecule has 0 saturated carbocycles. The molecule has 0 bridgehead atoms. The topological polar surface area (TPSA) is 62.7 Å². The molecule has 3 heterocycles. The lowest BCUT2D eigenvalue weighted by atomic mass is 9.76. The number of carbonyl (C=O) groups excluding carboxylic acids is 1. The Bertz CT molecular complexity index is 1170. The number of rotatable bonds is 2. The van der Waals surface area contributed by atoms with E-state index in [4.69, 9.17) is 0 Å². The number of anilines is 1. The first-order valence-electron chi connectivity index (χ1n) is 9.98. The Labute approximate surface area is 168 Å². The van der Waals surface area contributed by atoms with Crippen molar-refractivity contribution in [1.29, 1.82) is 0 Å². The van der Waals surface area contributed by atoms with Crippen molar-refractivity contribution < 1.29 is 9.18 Å². The van der Waals surface area contributed by atoms with Gasteiger partial charge in [-0.15, -0.1) is 0 Å². The Balaban J connectivity index is 1.73. The Morgan fingerprint density at radius 1 is 1.14 bits per heavy atom. The number of nitrogens with one attached hydrogen (secondary N) is 2. The Morgan fingerprint density at radius 3 is 2.66 bits per heavy atom. The lowest BCUT2D eigenvalue weighted by molar-refractivity contribution is -0.116. The molecule has 148 valence electrons. The highest BCUT2D eigenvalue weighted by atomic mass is 19.1. The van der Waals surface area contributed by atoms with E-state index >= 15 is 0 Å². The van der Waals surface area contributed by atoms with E-state index in [2.05, 4.69) is 33.1 Å². The number of carbonyl (C=O) groups is 1. The van der Waals surface area contributed by atoms with E-state index in [0.29, 0.717) is 6.42 Å². The van der Waals surface area contributed by atoms with Crippen LogP contribution in [0.4, 0.5) is 10.2 Å². The number of halogens is 1. The van der Waals surface area contributed by atoms with Crippen LogP contribution in [0.15, 0.2) is 41.6 Å². The van der Waals surface area contributed by atoms with Gasteiger partial charge in [0.25, 0.3) is 0 Å². The third-order valence-electron chi connectivity index (χ3n) is 6.16. The standard InChI is InChI=1S/C23H23FN4O/c1-12-11-17(14(3)28(12)16-9-7-15(24)8-10-16)21-20-13(2)26-27-23(20)25-18-5-4-6-19(29)22(18)21/h7-11,21H,4-6H2,1-3H3,(H2,25,26,27)/t21-/m1/s1. The molecule has 0 saturated heterocycles. The maximum absolute atomic E-state index is 13.4. The summed E-state index contributed by atoms with van der Waals surface area (Å²) in [7, 11) is 0. The van der Waals surface area contributed by atoms with Crippen LogP contribution < -0.4 is 5.32 Å². The number of hydrogen-bond donors (Lipinski definition) is 2. The summed E-state index contributed by atoms with van der Waals surface area (Å²) in [6.45, 7) is 6.11. The van der Waals surface area contributed by atoms with Gasteiger partial charge in [-0.05, 0) is 69.5 Å². The quantitative estimate of drug-likeness (QED) is 0.659. The van der Waals surface area contributed by atoms with Crippen LogP contribution >= 0.6 is 0 Å². The number of benzene rings is 1. The van der Waals surface area contributed by atoms with Crippen LogP contribution in [-0.4, -0.2) is 20.5 Å². The lowest BCUT2D eigenvalue weighted by Gasteiger charge is -2.32. The van der Waals surface area contributed by atoms with Gasteiger partial charge >= 0.3 is 0 Å². The molecule has 0 radical (unpaired) electrons. The minimum Gasteiger partial charge on any atom is -0.342 e. The monoisotopic (exact) mass is 390 g/mol. The molecular weight excluding hydrogens is 367 g/mol. The highest BCUT2D eigenvalue weighted by Gasteiger charge is 2.39. The van der Waals surface area contributed by atoms with Crippen molar-refractivity contribution in [3.05, 3.63) is 75.6 Å². The van der Waals surface area contributed by atoms with Gasteiger partial charge in [0.05, 0.1) is 0 Å². The second-order valence-corrected chi connectivity index (χ2v) is 7.98. The van der Waals surface area contributed by atoms with Gasteiger partial charge in [-0.3, -0.25) is 9.89 Å². The zero-order valence-corrected chi connectivity index (χ0v) is 16.8. The molecule has 5 nitrogen and oxygen atoms in total. The smallest absolute Gasteiger partial charge is 0.161 e. The SMILES string of the molecule is Cc1[nH]nc2c1[C@@H](c1cc(C)n(-c3ccc(F)cc3)c1C)C1=C(CCCC1=O)N2. The van der Waals surface area contributed by atoms with E-state index in [1.807, 2.05) is 13.8 Å². The fourth-order valence-electron chi connectivity index (χ4n) is 4.88. The first kappa shape index (κ1) is 17.9. The number of hydrogen-bond acceptors (Lipinski definition) is 3. The number of allylic oxidation sites excluding steroid dienone is 2. The van der Waals surface area contributed by atoms with E-state index in [-0.39, 0.29) is 17.5 Å². The summed E-state index contributed by atoms with van der Waals surface area (Å²) in [5, 5.41) is 10.9. The summed E-state index contributed by atoms with van der Waals surface area (Å²) in [6, 6.07) is 8.67. The molecule has 0 spiro atoms. The molecule has 3 aromatic rings. The van der Waals surface area contributed by atoms with Crippen LogP contribution in [0.5, 0.6) is 0 Å². The minimum absolute atomic E-state index is 0.145. The average molecular weight is 390 g/mol. The number of aromatic nitrogens is 3. The fourth-order valence-corrected chi connectivity index (χ4v) is 4.88. The van der Waals surface area contributed by atoms with Gasteiger partial charge in [0.1, 0.15) is 5.82 Å².